The van der Waals surface area contributed by atoms with Gasteiger partial charge < -0.3 is 25.1 Å². The molecular weight excluding hydrogens is 506 g/mol. The lowest BCUT2D eigenvalue weighted by Gasteiger charge is -2.37. The van der Waals surface area contributed by atoms with Crippen molar-refractivity contribution >= 4 is 51.3 Å². The van der Waals surface area contributed by atoms with E-state index in [1.165, 1.54) is 4.90 Å². The van der Waals surface area contributed by atoms with Gasteiger partial charge in [0.1, 0.15) is 11.2 Å². The number of hydrogen-bond donors (Lipinski definition) is 3. The van der Waals surface area contributed by atoms with Gasteiger partial charge in [0, 0.05) is 33.6 Å². The minimum Gasteiger partial charge on any atom is -0.478 e. The number of carbonyl (C=O) groups is 3. The van der Waals surface area contributed by atoms with E-state index in [2.05, 4.69) is 10.6 Å². The summed E-state index contributed by atoms with van der Waals surface area (Å²) in [5.74, 6) is -1.17. The predicted molar refractivity (Wildman–Crippen MR) is 145 cm³/mol. The van der Waals surface area contributed by atoms with E-state index < -0.39 is 12.0 Å². The van der Waals surface area contributed by atoms with Gasteiger partial charge in [0.05, 0.1) is 18.2 Å². The summed E-state index contributed by atoms with van der Waals surface area (Å²) in [6.07, 6.45) is 0.509. The van der Waals surface area contributed by atoms with Crippen molar-refractivity contribution in [3.05, 3.63) is 94.1 Å². The lowest BCUT2D eigenvalue weighted by Crippen LogP contribution is -2.49. The molecule has 0 saturated carbocycles. The van der Waals surface area contributed by atoms with Crippen molar-refractivity contribution in [2.45, 2.75) is 19.4 Å². The number of amides is 2. The number of carboxylic acid groups (broad SMARTS) is 1. The van der Waals surface area contributed by atoms with Crippen molar-refractivity contribution in [2.75, 3.05) is 19.6 Å². The third kappa shape index (κ3) is 5.01. The van der Waals surface area contributed by atoms with Crippen LogP contribution in [0.2, 0.25) is 5.02 Å². The van der Waals surface area contributed by atoms with Crippen molar-refractivity contribution in [3.8, 4) is 0 Å². The Bertz CT molecular complexity index is 1590. The molecule has 0 fully saturated rings. The van der Waals surface area contributed by atoms with Crippen molar-refractivity contribution in [1.29, 1.82) is 0 Å². The van der Waals surface area contributed by atoms with Gasteiger partial charge in [-0.25, -0.2) is 9.59 Å². The molecule has 1 aliphatic rings. The number of hydrogen-bond acceptors (Lipinski definition) is 5. The van der Waals surface area contributed by atoms with E-state index in [1.807, 2.05) is 36.4 Å². The fraction of sp³-hybridized carbons (Fsp3) is 0.207. The van der Waals surface area contributed by atoms with Gasteiger partial charge in [0.2, 0.25) is 0 Å². The number of carbonyl (C=O) groups excluding carboxylic acids is 2. The first-order chi connectivity index (χ1) is 18.3. The molecule has 1 aromatic heterocycles. The van der Waals surface area contributed by atoms with E-state index >= 15 is 0 Å². The van der Waals surface area contributed by atoms with Gasteiger partial charge >= 0.3 is 12.0 Å². The standard InChI is InChI=1S/C29H26ClN3O5/c1-17-26(28(35)36)27(19-6-4-7-20(30)14-19)33(29(37)32-17)13-5-12-31-16-23(34)18-10-11-25-22(15-18)21-8-2-3-9-24(21)38-25/h2-4,6-11,14-15,27,31H,5,12-13,16H2,1H3,(H,32,37)(H,35,36). The zero-order valence-electron chi connectivity index (χ0n) is 20.7. The molecular formula is C29H26ClN3O5. The van der Waals surface area contributed by atoms with Crippen LogP contribution in [0.4, 0.5) is 4.79 Å². The SMILES string of the molecule is CC1=C(C(=O)O)C(c2cccc(Cl)c2)N(CCCNCC(=O)c2ccc3oc4ccccc4c3c2)C(=O)N1. The number of benzene rings is 3. The van der Waals surface area contributed by atoms with Gasteiger partial charge in [-0.15, -0.1) is 0 Å². The maximum absolute atomic E-state index is 12.8. The number of carboxylic acids is 1. The number of nitrogens with zero attached hydrogens (tertiary/aromatic N) is 1. The molecule has 5 rings (SSSR count). The number of allylic oxidation sites excluding steroid dienone is 1. The first-order valence-electron chi connectivity index (χ1n) is 12.3. The number of fused-ring (bicyclic) bond motifs is 3. The van der Waals surface area contributed by atoms with Gasteiger partial charge in [-0.2, -0.15) is 0 Å². The van der Waals surface area contributed by atoms with Crippen LogP contribution in [0.3, 0.4) is 0 Å². The summed E-state index contributed by atoms with van der Waals surface area (Å²) in [5.41, 5.74) is 3.11. The maximum Gasteiger partial charge on any atom is 0.335 e. The molecule has 0 bridgehead atoms. The zero-order chi connectivity index (χ0) is 26.8. The molecule has 3 aromatic carbocycles. The number of rotatable bonds is 9. The third-order valence-electron chi connectivity index (χ3n) is 6.68. The molecule has 0 aliphatic carbocycles. The molecule has 9 heteroatoms. The minimum atomic E-state index is -1.11. The van der Waals surface area contributed by atoms with E-state index in [9.17, 15) is 19.5 Å². The number of nitrogens with one attached hydrogen (secondary N) is 2. The van der Waals surface area contributed by atoms with Crippen LogP contribution in [0.1, 0.15) is 35.3 Å². The van der Waals surface area contributed by atoms with Crippen LogP contribution < -0.4 is 10.6 Å². The van der Waals surface area contributed by atoms with Crippen LogP contribution in [0.25, 0.3) is 21.9 Å². The van der Waals surface area contributed by atoms with Crippen LogP contribution in [0.15, 0.2) is 82.4 Å². The Labute approximate surface area is 223 Å². The zero-order valence-corrected chi connectivity index (χ0v) is 21.4. The summed E-state index contributed by atoms with van der Waals surface area (Å²) in [7, 11) is 0. The number of halogens is 1. The lowest BCUT2D eigenvalue weighted by atomic mass is 9.93. The molecule has 8 nitrogen and oxygen atoms in total. The first-order valence-corrected chi connectivity index (χ1v) is 12.6. The second-order valence-electron chi connectivity index (χ2n) is 9.19. The Kier molecular flexibility index (Phi) is 7.18. The Balaban J connectivity index is 1.23. The number of ketones is 1. The van der Waals surface area contributed by atoms with Gasteiger partial charge in [-0.1, -0.05) is 41.9 Å². The minimum absolute atomic E-state index is 0.0589. The maximum atomic E-state index is 12.8. The fourth-order valence-electron chi connectivity index (χ4n) is 4.89. The van der Waals surface area contributed by atoms with Gasteiger partial charge in [-0.3, -0.25) is 4.79 Å². The van der Waals surface area contributed by atoms with E-state index in [4.69, 9.17) is 16.0 Å². The van der Waals surface area contributed by atoms with Crippen molar-refractivity contribution < 1.29 is 23.9 Å². The molecule has 194 valence electrons. The summed E-state index contributed by atoms with van der Waals surface area (Å²) in [6, 6.07) is 18.8. The average molecular weight is 532 g/mol. The highest BCUT2D eigenvalue weighted by Crippen LogP contribution is 2.35. The second kappa shape index (κ2) is 10.7. The summed E-state index contributed by atoms with van der Waals surface area (Å²) >= 11 is 6.16. The fourth-order valence-corrected chi connectivity index (χ4v) is 5.09. The van der Waals surface area contributed by atoms with Gasteiger partial charge in [0.25, 0.3) is 0 Å². The number of para-hydroxylation sites is 1. The molecule has 2 heterocycles. The van der Waals surface area contributed by atoms with Crippen LogP contribution in [0.5, 0.6) is 0 Å². The predicted octanol–water partition coefficient (Wildman–Crippen LogP) is 5.53. The van der Waals surface area contributed by atoms with Crippen molar-refractivity contribution in [2.24, 2.45) is 0 Å². The molecule has 1 aliphatic heterocycles. The molecule has 4 aromatic rings. The third-order valence-corrected chi connectivity index (χ3v) is 6.91. The summed E-state index contributed by atoms with van der Waals surface area (Å²) in [5, 5.41) is 18.0. The highest BCUT2D eigenvalue weighted by Gasteiger charge is 2.37. The number of aliphatic carboxylic acids is 1. The molecule has 2 amide bonds. The number of Topliss-reactive ketones (excluding diaryl/α,β-unsaturated/α-hetero) is 1. The Hall–Kier alpha value is -4.14. The van der Waals surface area contributed by atoms with Crippen molar-refractivity contribution in [1.82, 2.24) is 15.5 Å². The van der Waals surface area contributed by atoms with Gasteiger partial charge in [0.15, 0.2) is 5.78 Å². The van der Waals surface area contributed by atoms with Crippen LogP contribution in [-0.2, 0) is 4.79 Å². The molecule has 0 radical (unpaired) electrons. The summed E-state index contributed by atoms with van der Waals surface area (Å²) < 4.78 is 5.83. The number of furan rings is 1. The second-order valence-corrected chi connectivity index (χ2v) is 9.62. The van der Waals surface area contributed by atoms with E-state index in [-0.39, 0.29) is 30.5 Å². The Morgan fingerprint density at radius 1 is 1.05 bits per heavy atom. The van der Waals surface area contributed by atoms with E-state index in [0.717, 1.165) is 21.9 Å². The lowest BCUT2D eigenvalue weighted by molar-refractivity contribution is -0.133. The summed E-state index contributed by atoms with van der Waals surface area (Å²) in [4.78, 5) is 39.3. The first kappa shape index (κ1) is 25.5. The van der Waals surface area contributed by atoms with Crippen LogP contribution in [0, 0.1) is 0 Å². The van der Waals surface area contributed by atoms with Crippen molar-refractivity contribution in [3.63, 3.8) is 0 Å². The highest BCUT2D eigenvalue weighted by molar-refractivity contribution is 6.30. The average Bonchev–Trinajstić information content (AvgIpc) is 3.26. The normalized spacial score (nSPS) is 15.8. The largest absolute Gasteiger partial charge is 0.478 e. The molecule has 3 N–H and O–H groups in total. The molecule has 1 atom stereocenters. The summed E-state index contributed by atoms with van der Waals surface area (Å²) in [6.45, 7) is 2.44. The molecule has 0 saturated heterocycles. The number of urea groups is 1. The van der Waals surface area contributed by atoms with E-state index in [0.29, 0.717) is 34.8 Å². The van der Waals surface area contributed by atoms with Crippen LogP contribution in [-0.4, -0.2) is 47.4 Å². The topological polar surface area (TPSA) is 112 Å². The van der Waals surface area contributed by atoms with Crippen LogP contribution >= 0.6 is 11.6 Å². The smallest absolute Gasteiger partial charge is 0.335 e. The monoisotopic (exact) mass is 531 g/mol. The van der Waals surface area contributed by atoms with Gasteiger partial charge in [-0.05, 0) is 61.9 Å². The molecule has 0 spiro atoms. The molecule has 38 heavy (non-hydrogen) atoms. The Morgan fingerprint density at radius 3 is 2.63 bits per heavy atom. The highest BCUT2D eigenvalue weighted by atomic mass is 35.5. The quantitative estimate of drug-likeness (QED) is 0.193. The Morgan fingerprint density at radius 2 is 1.84 bits per heavy atom. The molecule has 1 unspecified atom stereocenters. The van der Waals surface area contributed by atoms with E-state index in [1.54, 1.807) is 37.3 Å².